The van der Waals surface area contributed by atoms with Crippen LogP contribution >= 0.6 is 11.6 Å². The van der Waals surface area contributed by atoms with Gasteiger partial charge in [0, 0.05) is 32.2 Å². The summed E-state index contributed by atoms with van der Waals surface area (Å²) in [4.78, 5) is 20.8. The number of fused-ring (bicyclic) bond motifs is 1. The Morgan fingerprint density at radius 1 is 1.15 bits per heavy atom. The van der Waals surface area contributed by atoms with Gasteiger partial charge in [-0.25, -0.2) is 14.3 Å². The highest BCUT2D eigenvalue weighted by Gasteiger charge is 2.27. The minimum Gasteiger partial charge on any atom is -0.444 e. The fraction of sp³-hybridized carbons (Fsp3) is 0.632. The Bertz CT molecular complexity index is 805. The van der Waals surface area contributed by atoms with Crippen molar-refractivity contribution in [2.45, 2.75) is 54.1 Å². The number of nitrogens with zero attached hydrogens (tertiary/aromatic N) is 5. The third kappa shape index (κ3) is 4.83. The highest BCUT2D eigenvalue weighted by atomic mass is 35.5. The van der Waals surface area contributed by atoms with Crippen molar-refractivity contribution in [1.29, 1.82) is 0 Å². The Hall–Kier alpha value is -2.02. The molecule has 7 nitrogen and oxygen atoms in total. The van der Waals surface area contributed by atoms with Gasteiger partial charge in [-0.2, -0.15) is 5.10 Å². The molecule has 0 atom stereocenters. The number of rotatable bonds is 1. The average Bonchev–Trinajstić information content (AvgIpc) is 2.89. The molecule has 27 heavy (non-hydrogen) atoms. The summed E-state index contributed by atoms with van der Waals surface area (Å²) < 4.78 is 7.23. The Morgan fingerprint density at radius 3 is 2.30 bits per heavy atom. The Balaban J connectivity index is 0.00000126. The first-order valence-electron chi connectivity index (χ1n) is 9.41. The van der Waals surface area contributed by atoms with Gasteiger partial charge in [-0.1, -0.05) is 25.4 Å². The molecular weight excluding hydrogens is 366 g/mol. The zero-order valence-corrected chi connectivity index (χ0v) is 18.1. The number of amides is 1. The minimum absolute atomic E-state index is 0.266. The maximum atomic E-state index is 12.2. The van der Waals surface area contributed by atoms with Gasteiger partial charge in [0.1, 0.15) is 5.60 Å². The summed E-state index contributed by atoms with van der Waals surface area (Å²) in [5.74, 6) is 0. The minimum atomic E-state index is -0.482. The molecule has 1 amide bonds. The van der Waals surface area contributed by atoms with E-state index in [9.17, 15) is 4.79 Å². The van der Waals surface area contributed by atoms with Crippen LogP contribution in [0.25, 0.3) is 5.65 Å². The highest BCUT2D eigenvalue weighted by molar-refractivity contribution is 6.29. The van der Waals surface area contributed by atoms with Gasteiger partial charge < -0.3 is 14.5 Å². The standard InChI is InChI=1S/C17H24ClN5O2.C2H6/c1-11-12(2)23-15(19-11)13(10-14(18)20-23)21-6-8-22(9-7-21)16(24)25-17(3,4)5;1-2/h10H,6-9H2,1-5H3;1-2H3. The van der Waals surface area contributed by atoms with Crippen LogP contribution in [0.4, 0.5) is 10.5 Å². The zero-order chi connectivity index (χ0) is 20.4. The summed E-state index contributed by atoms with van der Waals surface area (Å²) in [6.45, 7) is 16.1. The lowest BCUT2D eigenvalue weighted by atomic mass is 10.2. The fourth-order valence-corrected chi connectivity index (χ4v) is 3.06. The van der Waals surface area contributed by atoms with Crippen molar-refractivity contribution in [3.63, 3.8) is 0 Å². The molecule has 0 radical (unpaired) electrons. The van der Waals surface area contributed by atoms with Gasteiger partial charge in [-0.05, 0) is 34.6 Å². The second-order valence-electron chi connectivity index (χ2n) is 7.32. The van der Waals surface area contributed by atoms with Gasteiger partial charge >= 0.3 is 6.09 Å². The van der Waals surface area contributed by atoms with E-state index in [-0.39, 0.29) is 6.09 Å². The molecule has 2 aromatic heterocycles. The van der Waals surface area contributed by atoms with Crippen LogP contribution in [-0.2, 0) is 4.74 Å². The number of carbonyl (C=O) groups excluding carboxylic acids is 1. The molecule has 0 saturated carbocycles. The number of carbonyl (C=O) groups is 1. The summed E-state index contributed by atoms with van der Waals surface area (Å²) in [5, 5.41) is 4.77. The largest absolute Gasteiger partial charge is 0.444 e. The van der Waals surface area contributed by atoms with Gasteiger partial charge in [-0.3, -0.25) is 0 Å². The summed E-state index contributed by atoms with van der Waals surface area (Å²) in [6, 6.07) is 1.84. The van der Waals surface area contributed by atoms with E-state index in [1.54, 1.807) is 9.42 Å². The molecule has 150 valence electrons. The molecule has 0 bridgehead atoms. The second-order valence-corrected chi connectivity index (χ2v) is 7.71. The monoisotopic (exact) mass is 395 g/mol. The number of hydrogen-bond acceptors (Lipinski definition) is 5. The smallest absolute Gasteiger partial charge is 0.410 e. The number of aryl methyl sites for hydroxylation is 2. The number of hydrogen-bond donors (Lipinski definition) is 0. The van der Waals surface area contributed by atoms with Crippen molar-refractivity contribution in [3.05, 3.63) is 22.6 Å². The Morgan fingerprint density at radius 2 is 1.74 bits per heavy atom. The maximum absolute atomic E-state index is 12.2. The first-order valence-corrected chi connectivity index (χ1v) is 9.79. The van der Waals surface area contributed by atoms with Crippen molar-refractivity contribution < 1.29 is 9.53 Å². The van der Waals surface area contributed by atoms with Crippen LogP contribution in [0, 0.1) is 13.8 Å². The molecule has 1 fully saturated rings. The highest BCUT2D eigenvalue weighted by Crippen LogP contribution is 2.26. The van der Waals surface area contributed by atoms with Crippen molar-refractivity contribution in [1.82, 2.24) is 19.5 Å². The van der Waals surface area contributed by atoms with Gasteiger partial charge in [0.15, 0.2) is 10.8 Å². The van der Waals surface area contributed by atoms with E-state index in [0.717, 1.165) is 22.7 Å². The molecule has 0 aliphatic carbocycles. The molecule has 8 heteroatoms. The van der Waals surface area contributed by atoms with Gasteiger partial charge in [0.05, 0.1) is 17.1 Å². The molecule has 0 N–H and O–H groups in total. The molecule has 2 aromatic rings. The summed E-state index contributed by atoms with van der Waals surface area (Å²) in [7, 11) is 0. The third-order valence-corrected chi connectivity index (χ3v) is 4.45. The van der Waals surface area contributed by atoms with Crippen molar-refractivity contribution in [2.24, 2.45) is 0 Å². The predicted molar refractivity (Wildman–Crippen MR) is 109 cm³/mol. The van der Waals surface area contributed by atoms with Crippen LogP contribution in [0.15, 0.2) is 6.07 Å². The maximum Gasteiger partial charge on any atom is 0.410 e. The lowest BCUT2D eigenvalue weighted by molar-refractivity contribution is 0.0240. The lowest BCUT2D eigenvalue weighted by Gasteiger charge is -2.36. The molecule has 3 rings (SSSR count). The van der Waals surface area contributed by atoms with Crippen LogP contribution < -0.4 is 4.90 Å². The van der Waals surface area contributed by atoms with Crippen LogP contribution in [0.1, 0.15) is 46.0 Å². The molecule has 1 aliphatic rings. The molecule has 1 saturated heterocycles. The summed E-state index contributed by atoms with van der Waals surface area (Å²) in [6.07, 6.45) is -0.266. The summed E-state index contributed by atoms with van der Waals surface area (Å²) in [5.41, 5.74) is 3.17. The van der Waals surface area contributed by atoms with Crippen molar-refractivity contribution in [2.75, 3.05) is 31.1 Å². The molecule has 3 heterocycles. The Labute approximate surface area is 166 Å². The second kappa shape index (κ2) is 8.33. The van der Waals surface area contributed by atoms with Crippen LogP contribution in [0.3, 0.4) is 0 Å². The molecule has 1 aliphatic heterocycles. The zero-order valence-electron chi connectivity index (χ0n) is 17.3. The van der Waals surface area contributed by atoms with E-state index >= 15 is 0 Å². The lowest BCUT2D eigenvalue weighted by Crippen LogP contribution is -2.50. The summed E-state index contributed by atoms with van der Waals surface area (Å²) >= 11 is 6.21. The van der Waals surface area contributed by atoms with Crippen LogP contribution in [-0.4, -0.2) is 57.4 Å². The van der Waals surface area contributed by atoms with E-state index in [2.05, 4.69) is 15.0 Å². The molecule has 0 unspecified atom stereocenters. The first kappa shape index (κ1) is 21.3. The van der Waals surface area contributed by atoms with E-state index < -0.39 is 5.60 Å². The normalized spacial score (nSPS) is 14.8. The average molecular weight is 396 g/mol. The molecule has 0 aromatic carbocycles. The van der Waals surface area contributed by atoms with Gasteiger partial charge in [-0.15, -0.1) is 0 Å². The predicted octanol–water partition coefficient (Wildman–Crippen LogP) is 4.08. The number of ether oxygens (including phenoxy) is 1. The van der Waals surface area contributed by atoms with Crippen LogP contribution in [0.2, 0.25) is 5.15 Å². The van der Waals surface area contributed by atoms with E-state index in [4.69, 9.17) is 16.3 Å². The van der Waals surface area contributed by atoms with Gasteiger partial charge in [0.25, 0.3) is 0 Å². The quantitative estimate of drug-likeness (QED) is 0.727. The van der Waals surface area contributed by atoms with E-state index in [1.807, 2.05) is 54.5 Å². The third-order valence-electron chi connectivity index (χ3n) is 4.27. The number of imidazole rings is 1. The number of piperazine rings is 1. The first-order chi connectivity index (χ1) is 12.7. The topological polar surface area (TPSA) is 63.0 Å². The molecular formula is C19H30ClN5O2. The fourth-order valence-electron chi connectivity index (χ4n) is 2.88. The SMILES string of the molecule is CC.Cc1nc2c(N3CCN(C(=O)OC(C)(C)C)CC3)cc(Cl)nn2c1C. The molecule has 0 spiro atoms. The van der Waals surface area contributed by atoms with E-state index in [1.165, 1.54) is 0 Å². The number of anilines is 1. The van der Waals surface area contributed by atoms with Crippen LogP contribution in [0.5, 0.6) is 0 Å². The van der Waals surface area contributed by atoms with Gasteiger partial charge in [0.2, 0.25) is 0 Å². The number of aromatic nitrogens is 3. The van der Waals surface area contributed by atoms with Crippen molar-refractivity contribution >= 4 is 29.0 Å². The Kier molecular flexibility index (Phi) is 6.57. The van der Waals surface area contributed by atoms with E-state index in [0.29, 0.717) is 31.3 Å². The van der Waals surface area contributed by atoms with Crippen molar-refractivity contribution in [3.8, 4) is 0 Å². The number of halogens is 1.